The third-order valence-corrected chi connectivity index (χ3v) is 3.03. The number of hydrogen-bond acceptors (Lipinski definition) is 5. The smallest absolute Gasteiger partial charge is 0.340 e. The van der Waals surface area contributed by atoms with Gasteiger partial charge in [0, 0.05) is 16.8 Å². The van der Waals surface area contributed by atoms with Crippen LogP contribution < -0.4 is 11.1 Å². The average molecular weight is 266 g/mol. The van der Waals surface area contributed by atoms with Gasteiger partial charge in [-0.25, -0.2) is 9.18 Å². The van der Waals surface area contributed by atoms with Crippen molar-refractivity contribution >= 4 is 34.4 Å². The van der Waals surface area contributed by atoms with Crippen LogP contribution in [-0.2, 0) is 4.74 Å². The second kappa shape index (κ2) is 5.05. The number of nitrogens with two attached hydrogens (primary N) is 1. The first-order chi connectivity index (χ1) is 8.61. The fourth-order valence-electron chi connectivity index (χ4n) is 1.46. The van der Waals surface area contributed by atoms with Crippen LogP contribution in [0.4, 0.5) is 21.5 Å². The van der Waals surface area contributed by atoms with Gasteiger partial charge in [0.2, 0.25) is 0 Å². The van der Waals surface area contributed by atoms with E-state index in [0.717, 1.165) is 11.8 Å². The Morgan fingerprint density at radius 1 is 1.50 bits per heavy atom. The summed E-state index contributed by atoms with van der Waals surface area (Å²) >= 11 is 1.48. The molecule has 1 aromatic carbocycles. The Kier molecular flexibility index (Phi) is 3.47. The second-order valence-corrected chi connectivity index (χ2v) is 4.33. The summed E-state index contributed by atoms with van der Waals surface area (Å²) in [4.78, 5) is 11.4. The summed E-state index contributed by atoms with van der Waals surface area (Å²) < 4.78 is 18.3. The highest BCUT2D eigenvalue weighted by molar-refractivity contribution is 7.08. The lowest BCUT2D eigenvalue weighted by atomic mass is 10.1. The topological polar surface area (TPSA) is 64.3 Å². The van der Waals surface area contributed by atoms with Gasteiger partial charge in [-0.15, -0.1) is 0 Å². The van der Waals surface area contributed by atoms with E-state index in [0.29, 0.717) is 0 Å². The highest BCUT2D eigenvalue weighted by atomic mass is 32.1. The van der Waals surface area contributed by atoms with Gasteiger partial charge in [0.05, 0.1) is 18.4 Å². The van der Waals surface area contributed by atoms with E-state index in [1.54, 1.807) is 6.07 Å². The lowest BCUT2D eigenvalue weighted by molar-refractivity contribution is 0.0602. The van der Waals surface area contributed by atoms with Crippen molar-refractivity contribution in [1.29, 1.82) is 0 Å². The Bertz CT molecular complexity index is 570. The lowest BCUT2D eigenvalue weighted by Gasteiger charge is -2.10. The number of carbonyl (C=O) groups excluding carboxylic acids is 1. The third-order valence-electron chi connectivity index (χ3n) is 2.34. The molecule has 0 aliphatic rings. The van der Waals surface area contributed by atoms with Gasteiger partial charge in [0.15, 0.2) is 0 Å². The Morgan fingerprint density at radius 3 is 2.89 bits per heavy atom. The molecule has 0 aliphatic carbocycles. The molecule has 0 saturated heterocycles. The molecule has 0 amide bonds. The molecule has 0 unspecified atom stereocenters. The Balaban J connectivity index is 2.38. The van der Waals surface area contributed by atoms with Crippen molar-refractivity contribution in [3.63, 3.8) is 0 Å². The molecule has 1 aromatic heterocycles. The standard InChI is InChI=1S/C12H11FN2O2S/c1-17-12(16)8-4-11(9(13)5-10(8)14)15-7-2-3-18-6-7/h2-6,15H,14H2,1H3. The number of anilines is 3. The molecule has 2 aromatic rings. The summed E-state index contributed by atoms with van der Waals surface area (Å²) in [7, 11) is 1.25. The normalized spacial score (nSPS) is 10.1. The summed E-state index contributed by atoms with van der Waals surface area (Å²) in [6, 6.07) is 4.24. The lowest BCUT2D eigenvalue weighted by Crippen LogP contribution is -2.07. The van der Waals surface area contributed by atoms with E-state index in [9.17, 15) is 9.18 Å². The number of halogens is 1. The van der Waals surface area contributed by atoms with Crippen molar-refractivity contribution < 1.29 is 13.9 Å². The van der Waals surface area contributed by atoms with Gasteiger partial charge < -0.3 is 15.8 Å². The van der Waals surface area contributed by atoms with E-state index in [1.165, 1.54) is 24.5 Å². The molecule has 0 saturated carbocycles. The fraction of sp³-hybridized carbons (Fsp3) is 0.0833. The Labute approximate surface area is 107 Å². The van der Waals surface area contributed by atoms with E-state index < -0.39 is 11.8 Å². The molecule has 6 heteroatoms. The van der Waals surface area contributed by atoms with E-state index in [2.05, 4.69) is 10.1 Å². The van der Waals surface area contributed by atoms with Crippen LogP contribution in [0.3, 0.4) is 0 Å². The first-order valence-corrected chi connectivity index (χ1v) is 6.02. The molecule has 0 radical (unpaired) electrons. The zero-order chi connectivity index (χ0) is 13.1. The van der Waals surface area contributed by atoms with Crippen LogP contribution in [0.15, 0.2) is 29.0 Å². The molecule has 18 heavy (non-hydrogen) atoms. The summed E-state index contributed by atoms with van der Waals surface area (Å²) in [5.74, 6) is -1.12. The largest absolute Gasteiger partial charge is 0.465 e. The molecule has 1 heterocycles. The van der Waals surface area contributed by atoms with Crippen molar-refractivity contribution in [2.24, 2.45) is 0 Å². The Morgan fingerprint density at radius 2 is 2.28 bits per heavy atom. The number of nitrogen functional groups attached to an aromatic ring is 1. The van der Waals surface area contributed by atoms with Gasteiger partial charge >= 0.3 is 5.97 Å². The first-order valence-electron chi connectivity index (χ1n) is 5.08. The minimum Gasteiger partial charge on any atom is -0.465 e. The molecule has 4 nitrogen and oxygen atoms in total. The maximum atomic E-state index is 13.7. The van der Waals surface area contributed by atoms with Crippen molar-refractivity contribution in [3.05, 3.63) is 40.3 Å². The molecule has 0 bridgehead atoms. The second-order valence-electron chi connectivity index (χ2n) is 3.55. The molecule has 0 fully saturated rings. The molecule has 2 rings (SSSR count). The molecule has 0 spiro atoms. The van der Waals surface area contributed by atoms with Crippen LogP contribution in [0.1, 0.15) is 10.4 Å². The highest BCUT2D eigenvalue weighted by Gasteiger charge is 2.14. The van der Waals surface area contributed by atoms with Crippen LogP contribution in [-0.4, -0.2) is 13.1 Å². The van der Waals surface area contributed by atoms with Crippen molar-refractivity contribution in [2.75, 3.05) is 18.2 Å². The van der Waals surface area contributed by atoms with Crippen molar-refractivity contribution in [1.82, 2.24) is 0 Å². The SMILES string of the molecule is COC(=O)c1cc(Nc2ccsc2)c(F)cc1N. The average Bonchev–Trinajstić information content (AvgIpc) is 2.84. The minimum atomic E-state index is -0.596. The Hall–Kier alpha value is -2.08. The number of rotatable bonds is 3. The highest BCUT2D eigenvalue weighted by Crippen LogP contribution is 2.26. The van der Waals surface area contributed by atoms with Crippen molar-refractivity contribution in [2.45, 2.75) is 0 Å². The molecule has 94 valence electrons. The van der Waals surface area contributed by atoms with Gasteiger partial charge in [-0.3, -0.25) is 0 Å². The van der Waals surface area contributed by atoms with E-state index in [1.807, 2.05) is 10.8 Å². The van der Waals surface area contributed by atoms with Crippen LogP contribution in [0.2, 0.25) is 0 Å². The van der Waals surface area contributed by atoms with Crippen LogP contribution in [0.5, 0.6) is 0 Å². The molecule has 0 aliphatic heterocycles. The number of hydrogen-bond donors (Lipinski definition) is 2. The maximum Gasteiger partial charge on any atom is 0.340 e. The number of methoxy groups -OCH3 is 1. The van der Waals surface area contributed by atoms with Gasteiger partial charge in [-0.2, -0.15) is 11.3 Å². The van der Waals surface area contributed by atoms with E-state index in [-0.39, 0.29) is 16.9 Å². The number of benzene rings is 1. The van der Waals surface area contributed by atoms with Crippen molar-refractivity contribution in [3.8, 4) is 0 Å². The van der Waals surface area contributed by atoms with Gasteiger partial charge in [0.1, 0.15) is 5.82 Å². The number of thiophene rings is 1. The number of nitrogens with one attached hydrogen (secondary N) is 1. The van der Waals surface area contributed by atoms with Gasteiger partial charge in [-0.05, 0) is 23.6 Å². The number of carbonyl (C=O) groups is 1. The molecular weight excluding hydrogens is 255 g/mol. The van der Waals surface area contributed by atoms with E-state index >= 15 is 0 Å². The van der Waals surface area contributed by atoms with Gasteiger partial charge in [0.25, 0.3) is 0 Å². The molecule has 3 N–H and O–H groups in total. The number of esters is 1. The summed E-state index contributed by atoms with van der Waals surface area (Å²) in [6.45, 7) is 0. The molecule has 0 atom stereocenters. The quantitative estimate of drug-likeness (QED) is 0.662. The zero-order valence-corrected chi connectivity index (χ0v) is 10.4. The molecular formula is C12H11FN2O2S. The predicted octanol–water partition coefficient (Wildman–Crippen LogP) is 3.00. The number of ether oxygens (including phenoxy) is 1. The van der Waals surface area contributed by atoms with Crippen LogP contribution in [0.25, 0.3) is 0 Å². The predicted molar refractivity (Wildman–Crippen MR) is 69.8 cm³/mol. The monoisotopic (exact) mass is 266 g/mol. The van der Waals surface area contributed by atoms with Gasteiger partial charge in [-0.1, -0.05) is 0 Å². The zero-order valence-electron chi connectivity index (χ0n) is 9.57. The first kappa shape index (κ1) is 12.4. The van der Waals surface area contributed by atoms with Crippen LogP contribution >= 0.6 is 11.3 Å². The van der Waals surface area contributed by atoms with Crippen LogP contribution in [0, 0.1) is 5.82 Å². The summed E-state index contributed by atoms with van der Waals surface area (Å²) in [5, 5.41) is 6.56. The third kappa shape index (κ3) is 2.43. The summed E-state index contributed by atoms with van der Waals surface area (Å²) in [5.41, 5.74) is 6.69. The van der Waals surface area contributed by atoms with E-state index in [4.69, 9.17) is 5.73 Å². The fourth-order valence-corrected chi connectivity index (χ4v) is 2.05. The summed E-state index contributed by atoms with van der Waals surface area (Å²) in [6.07, 6.45) is 0. The maximum absolute atomic E-state index is 13.7. The minimum absolute atomic E-state index is 0.0511.